The number of carboxylic acid groups (broad SMARTS) is 1. The van der Waals surface area contributed by atoms with Crippen LogP contribution in [0.15, 0.2) is 24.3 Å². The zero-order valence-electron chi connectivity index (χ0n) is 30.2. The zero-order valence-corrected chi connectivity index (χ0v) is 30.2. The van der Waals surface area contributed by atoms with E-state index in [1.807, 2.05) is 0 Å². The lowest BCUT2D eigenvalue weighted by Gasteiger charge is -2.34. The van der Waals surface area contributed by atoms with Crippen molar-refractivity contribution in [3.63, 3.8) is 0 Å². The van der Waals surface area contributed by atoms with Crippen molar-refractivity contribution >= 4 is 17.9 Å². The minimum Gasteiger partial charge on any atom is -0.544 e. The maximum absolute atomic E-state index is 12.6. The van der Waals surface area contributed by atoms with Gasteiger partial charge in [0, 0.05) is 19.3 Å². The van der Waals surface area contributed by atoms with Gasteiger partial charge in [-0.2, -0.15) is 0 Å². The van der Waals surface area contributed by atoms with E-state index in [9.17, 15) is 19.5 Å². The van der Waals surface area contributed by atoms with Crippen LogP contribution in [0.5, 0.6) is 0 Å². The van der Waals surface area contributed by atoms with E-state index < -0.39 is 18.1 Å². The Morgan fingerprint density at radius 3 is 1.63 bits per heavy atom. The van der Waals surface area contributed by atoms with Crippen molar-refractivity contribution in [2.24, 2.45) is 0 Å². The molecule has 0 aliphatic rings. The lowest BCUT2D eigenvalue weighted by atomic mass is 10.1. The van der Waals surface area contributed by atoms with Gasteiger partial charge < -0.3 is 28.6 Å². The molecule has 8 heteroatoms. The molecule has 0 heterocycles. The number of ether oxygens (including phenoxy) is 3. The SMILES string of the molecule is CCCC/C=C/CCCCCCC(=O)OCC(COCCC(C(=O)[O-])[N+](C)(C)C)OC(=O)CCCCCCC/C=C/CCCCC. The maximum atomic E-state index is 12.6. The molecule has 2 unspecified atom stereocenters. The smallest absolute Gasteiger partial charge is 0.306 e. The van der Waals surface area contributed by atoms with Gasteiger partial charge in [0.15, 0.2) is 6.10 Å². The highest BCUT2D eigenvalue weighted by atomic mass is 16.6. The van der Waals surface area contributed by atoms with Crippen LogP contribution in [0.4, 0.5) is 0 Å². The molecule has 0 aliphatic carbocycles. The molecule has 0 aliphatic heterocycles. The van der Waals surface area contributed by atoms with Crippen molar-refractivity contribution in [3.05, 3.63) is 24.3 Å². The molecule has 268 valence electrons. The number of likely N-dealkylation sites (N-methyl/N-ethyl adjacent to an activating group) is 1. The van der Waals surface area contributed by atoms with Crippen LogP contribution in [0, 0.1) is 0 Å². The second kappa shape index (κ2) is 30.2. The van der Waals surface area contributed by atoms with Gasteiger partial charge in [-0.05, 0) is 57.8 Å². The van der Waals surface area contributed by atoms with E-state index in [0.29, 0.717) is 12.8 Å². The molecule has 2 atom stereocenters. The highest BCUT2D eigenvalue weighted by molar-refractivity contribution is 5.70. The van der Waals surface area contributed by atoms with E-state index in [1.54, 1.807) is 21.1 Å². The molecular weight excluding hydrogens is 582 g/mol. The summed E-state index contributed by atoms with van der Waals surface area (Å²) in [6, 6.07) is -0.724. The van der Waals surface area contributed by atoms with Crippen molar-refractivity contribution in [1.82, 2.24) is 0 Å². The number of carboxylic acids is 1. The molecule has 0 aromatic carbocycles. The minimum absolute atomic E-state index is 0.0354. The third-order valence-electron chi connectivity index (χ3n) is 8.06. The van der Waals surface area contributed by atoms with Gasteiger partial charge in [-0.25, -0.2) is 0 Å². The lowest BCUT2D eigenvalue weighted by Crippen LogP contribution is -2.55. The number of aliphatic carboxylic acids is 1. The molecule has 0 radical (unpaired) electrons. The molecule has 0 fully saturated rings. The number of quaternary nitrogens is 1. The van der Waals surface area contributed by atoms with Crippen LogP contribution in [0.25, 0.3) is 0 Å². The number of hydrogen-bond acceptors (Lipinski definition) is 7. The largest absolute Gasteiger partial charge is 0.544 e. The Hall–Kier alpha value is -2.19. The molecular formula is C38H69NO7. The fourth-order valence-electron chi connectivity index (χ4n) is 5.10. The summed E-state index contributed by atoms with van der Waals surface area (Å²) in [5.74, 6) is -1.77. The molecule has 0 N–H and O–H groups in total. The van der Waals surface area contributed by atoms with E-state index >= 15 is 0 Å². The van der Waals surface area contributed by atoms with E-state index in [1.165, 1.54) is 44.9 Å². The van der Waals surface area contributed by atoms with E-state index in [0.717, 1.165) is 70.6 Å². The maximum Gasteiger partial charge on any atom is 0.306 e. The summed E-state index contributed by atoms with van der Waals surface area (Å²) in [6.45, 7) is 4.55. The average Bonchev–Trinajstić information content (AvgIpc) is 3.00. The summed E-state index contributed by atoms with van der Waals surface area (Å²) in [5.41, 5.74) is 0. The molecule has 8 nitrogen and oxygen atoms in total. The normalized spacial score (nSPS) is 13.3. The number of carbonyl (C=O) groups excluding carboxylic acids is 3. The van der Waals surface area contributed by atoms with Gasteiger partial charge in [0.1, 0.15) is 12.6 Å². The Balaban J connectivity index is 4.48. The summed E-state index contributed by atoms with van der Waals surface area (Å²) in [4.78, 5) is 36.5. The van der Waals surface area contributed by atoms with Crippen LogP contribution in [0.2, 0.25) is 0 Å². The predicted octanol–water partition coefficient (Wildman–Crippen LogP) is 7.63. The fourth-order valence-corrected chi connectivity index (χ4v) is 5.10. The number of esters is 2. The van der Waals surface area contributed by atoms with Crippen molar-refractivity contribution in [2.45, 2.75) is 161 Å². The molecule has 0 saturated carbocycles. The second-order valence-corrected chi connectivity index (χ2v) is 13.4. The monoisotopic (exact) mass is 652 g/mol. The highest BCUT2D eigenvalue weighted by Crippen LogP contribution is 2.12. The van der Waals surface area contributed by atoms with Gasteiger partial charge in [0.2, 0.25) is 0 Å². The van der Waals surface area contributed by atoms with Crippen molar-refractivity contribution < 1.29 is 38.2 Å². The second-order valence-electron chi connectivity index (χ2n) is 13.4. The zero-order chi connectivity index (χ0) is 34.3. The molecule has 0 spiro atoms. The van der Waals surface area contributed by atoms with Crippen molar-refractivity contribution in [1.29, 1.82) is 0 Å². The van der Waals surface area contributed by atoms with Gasteiger partial charge >= 0.3 is 11.9 Å². The van der Waals surface area contributed by atoms with Gasteiger partial charge in [-0.15, -0.1) is 0 Å². The number of allylic oxidation sites excluding steroid dienone is 4. The van der Waals surface area contributed by atoms with E-state index in [-0.39, 0.29) is 42.7 Å². The topological polar surface area (TPSA) is 102 Å². The van der Waals surface area contributed by atoms with Crippen LogP contribution in [0.3, 0.4) is 0 Å². The highest BCUT2D eigenvalue weighted by Gasteiger charge is 2.25. The average molecular weight is 652 g/mol. The summed E-state index contributed by atoms with van der Waals surface area (Å²) in [7, 11) is 5.38. The molecule has 0 amide bonds. The van der Waals surface area contributed by atoms with Crippen LogP contribution in [0.1, 0.15) is 149 Å². The summed E-state index contributed by atoms with van der Waals surface area (Å²) < 4.78 is 17.0. The van der Waals surface area contributed by atoms with Crippen LogP contribution < -0.4 is 5.11 Å². The molecule has 46 heavy (non-hydrogen) atoms. The fraction of sp³-hybridized carbons (Fsp3) is 0.816. The predicted molar refractivity (Wildman–Crippen MR) is 185 cm³/mol. The first-order chi connectivity index (χ1) is 22.1. The quantitative estimate of drug-likeness (QED) is 0.0319. The Morgan fingerprint density at radius 1 is 0.630 bits per heavy atom. The van der Waals surface area contributed by atoms with E-state index in [2.05, 4.69) is 38.2 Å². The first kappa shape index (κ1) is 43.8. The van der Waals surface area contributed by atoms with E-state index in [4.69, 9.17) is 14.2 Å². The third-order valence-corrected chi connectivity index (χ3v) is 8.06. The van der Waals surface area contributed by atoms with Crippen LogP contribution >= 0.6 is 0 Å². The lowest BCUT2D eigenvalue weighted by molar-refractivity contribution is -0.889. The molecule has 0 aromatic rings. The van der Waals surface area contributed by atoms with Gasteiger partial charge in [-0.3, -0.25) is 9.59 Å². The molecule has 0 rings (SSSR count). The molecule has 0 bridgehead atoms. The first-order valence-electron chi connectivity index (χ1n) is 18.4. The van der Waals surface area contributed by atoms with Gasteiger partial charge in [0.05, 0.1) is 40.3 Å². The molecule has 0 saturated heterocycles. The molecule has 0 aromatic heterocycles. The summed E-state index contributed by atoms with van der Waals surface area (Å²) in [6.07, 6.45) is 29.1. The van der Waals surface area contributed by atoms with Crippen molar-refractivity contribution in [2.75, 3.05) is 41.0 Å². The number of rotatable bonds is 32. The minimum atomic E-state index is -1.13. The summed E-state index contributed by atoms with van der Waals surface area (Å²) >= 11 is 0. The van der Waals surface area contributed by atoms with Gasteiger partial charge in [-0.1, -0.05) is 95.9 Å². The first-order valence-corrected chi connectivity index (χ1v) is 18.4. The number of hydrogen-bond donors (Lipinski definition) is 0. The number of nitrogens with zero attached hydrogens (tertiary/aromatic N) is 1. The van der Waals surface area contributed by atoms with Gasteiger partial charge in [0.25, 0.3) is 0 Å². The Bertz CT molecular complexity index is 818. The standard InChI is InChI=1S/C38H69NO7/c1-6-8-10-12-14-16-18-19-21-23-25-27-29-37(41)46-34(32-44-31-30-35(38(42)43)39(3,4)5)33-45-36(40)28-26-24-22-20-17-15-13-11-9-7-2/h13-16,34-35H,6-12,17-33H2,1-5H3/b15-13+,16-14+. The third kappa shape index (κ3) is 28.1. The van der Waals surface area contributed by atoms with Crippen LogP contribution in [-0.4, -0.2) is 75.5 Å². The van der Waals surface area contributed by atoms with Crippen molar-refractivity contribution in [3.8, 4) is 0 Å². The van der Waals surface area contributed by atoms with Crippen LogP contribution in [-0.2, 0) is 28.6 Å². The number of carbonyl (C=O) groups is 3. The number of unbranched alkanes of at least 4 members (excludes halogenated alkanes) is 14. The summed E-state index contributed by atoms with van der Waals surface area (Å²) in [5, 5.41) is 11.5. The Morgan fingerprint density at radius 2 is 1.11 bits per heavy atom. The Labute approximate surface area is 281 Å². The Kier molecular flexibility index (Phi) is 28.7.